The molecule has 0 radical (unpaired) electrons. The van der Waals surface area contributed by atoms with Crippen LogP contribution < -0.4 is 0 Å². The molecular weight excluding hydrogens is 835 g/mol. The van der Waals surface area contributed by atoms with Gasteiger partial charge in [-0.15, -0.1) is 56.7 Å². The molecule has 6 heterocycles. The van der Waals surface area contributed by atoms with Crippen LogP contribution in [0.5, 0.6) is 0 Å². The molecule has 0 unspecified atom stereocenters. The fourth-order valence-corrected chi connectivity index (χ4v) is 16.0. The van der Waals surface area contributed by atoms with E-state index in [1.807, 2.05) is 56.7 Å². The molecule has 282 valence electrons. The topological polar surface area (TPSA) is 4.93 Å². The van der Waals surface area contributed by atoms with Gasteiger partial charge in [-0.25, -0.2) is 0 Å². The molecule has 6 heteroatoms. The van der Waals surface area contributed by atoms with Crippen molar-refractivity contribution in [2.75, 3.05) is 0 Å². The molecule has 0 aliphatic rings. The van der Waals surface area contributed by atoms with Crippen LogP contribution in [0.1, 0.15) is 22.3 Å². The first-order chi connectivity index (χ1) is 30.1. The Balaban J connectivity index is 0.803. The normalized spacial score (nSPS) is 12.1. The summed E-state index contributed by atoms with van der Waals surface area (Å²) in [5.41, 5.74) is 6.61. The lowest BCUT2D eigenvalue weighted by atomic mass is 10.0. The lowest BCUT2D eigenvalue weighted by Gasteiger charge is -2.05. The van der Waals surface area contributed by atoms with Crippen LogP contribution in [0.2, 0.25) is 0 Å². The first-order valence-corrected chi connectivity index (χ1v) is 24.2. The number of rotatable bonds is 0. The van der Waals surface area contributed by atoms with Gasteiger partial charge >= 0.3 is 0 Å². The van der Waals surface area contributed by atoms with Crippen molar-refractivity contribution in [1.82, 2.24) is 4.57 Å². The Hall–Kier alpha value is -6.48. The van der Waals surface area contributed by atoms with E-state index in [2.05, 4.69) is 181 Å². The van der Waals surface area contributed by atoms with E-state index in [0.717, 1.165) is 22.3 Å². The molecular formula is C55H27NS5. The van der Waals surface area contributed by atoms with Gasteiger partial charge in [-0.3, -0.25) is 0 Å². The second kappa shape index (κ2) is 12.8. The third kappa shape index (κ3) is 5.06. The molecule has 14 aromatic rings. The Morgan fingerprint density at radius 3 is 1.23 bits per heavy atom. The summed E-state index contributed by atoms with van der Waals surface area (Å²) in [5.74, 6) is 14.0. The summed E-state index contributed by atoms with van der Waals surface area (Å²) in [4.78, 5) is 0. The van der Waals surface area contributed by atoms with Crippen LogP contribution in [0.3, 0.4) is 0 Å². The van der Waals surface area contributed by atoms with E-state index in [4.69, 9.17) is 0 Å². The van der Waals surface area contributed by atoms with Crippen LogP contribution in [-0.4, -0.2) is 4.57 Å². The molecule has 1 nitrogen and oxygen atoms in total. The molecule has 14 rings (SSSR count). The second-order valence-corrected chi connectivity index (χ2v) is 21.0. The number of fused-ring (bicyclic) bond motifs is 19. The zero-order valence-electron chi connectivity index (χ0n) is 32.3. The van der Waals surface area contributed by atoms with Gasteiger partial charge in [-0.2, -0.15) is 0 Å². The highest BCUT2D eigenvalue weighted by Crippen LogP contribution is 2.46. The van der Waals surface area contributed by atoms with E-state index < -0.39 is 0 Å². The molecule has 61 heavy (non-hydrogen) atoms. The largest absolute Gasteiger partial charge is 0.343 e. The predicted molar refractivity (Wildman–Crippen MR) is 272 cm³/mol. The quantitative estimate of drug-likeness (QED) is 0.134. The zero-order chi connectivity index (χ0) is 39.9. The number of aromatic nitrogens is 1. The molecule has 0 amide bonds. The summed E-state index contributed by atoms with van der Waals surface area (Å²) in [6, 6.07) is 53.5. The number of nitrogens with zero attached hydrogens (tertiary/aromatic N) is 1. The summed E-state index contributed by atoms with van der Waals surface area (Å²) in [5, 5.41) is 13.0. The average Bonchev–Trinajstić information content (AvgIpc) is 4.14. The molecule has 8 aromatic carbocycles. The van der Waals surface area contributed by atoms with Crippen molar-refractivity contribution in [2.24, 2.45) is 7.05 Å². The number of hydrogen-bond donors (Lipinski definition) is 0. The molecule has 6 aromatic heterocycles. The standard InChI is InChI=1S/C55H27NS5/c1-56-44-26-30(10-11-32-16-20-42-48(28-32)60-52-40-6-2-4-8-45(40)57-54(42)52)14-18-34(44)36-22-25-39-37(50(36)56)23-24-38-35-19-15-31(27-47(35)59-51(38)39)12-13-33-17-21-43-49(29-33)61-53-41-7-3-5-9-46(41)58-55(43)53/h2-9,14-29H,1H3. The van der Waals surface area contributed by atoms with Crippen LogP contribution in [0.25, 0.3) is 112 Å². The van der Waals surface area contributed by atoms with Gasteiger partial charge in [0.1, 0.15) is 0 Å². The fourth-order valence-electron chi connectivity index (χ4n) is 9.37. The summed E-state index contributed by atoms with van der Waals surface area (Å²) in [6.45, 7) is 0. The average molecular weight is 862 g/mol. The molecule has 0 bridgehead atoms. The van der Waals surface area contributed by atoms with Crippen molar-refractivity contribution < 1.29 is 0 Å². The van der Waals surface area contributed by atoms with E-state index >= 15 is 0 Å². The molecule has 0 atom stereocenters. The third-order valence-corrected chi connectivity index (χ3v) is 18.5. The highest BCUT2D eigenvalue weighted by Gasteiger charge is 2.17. The van der Waals surface area contributed by atoms with Gasteiger partial charge in [0, 0.05) is 111 Å². The third-order valence-electron chi connectivity index (χ3n) is 12.3. The Labute approximate surface area is 368 Å². The summed E-state index contributed by atoms with van der Waals surface area (Å²) >= 11 is 9.42. The molecule has 0 aliphatic carbocycles. The van der Waals surface area contributed by atoms with Gasteiger partial charge in [0.25, 0.3) is 0 Å². The maximum atomic E-state index is 3.50. The summed E-state index contributed by atoms with van der Waals surface area (Å²) in [7, 11) is 2.20. The summed E-state index contributed by atoms with van der Waals surface area (Å²) in [6.07, 6.45) is 0. The Kier molecular flexibility index (Phi) is 7.17. The van der Waals surface area contributed by atoms with E-state index in [1.165, 1.54) is 112 Å². The number of thiophene rings is 5. The highest BCUT2D eigenvalue weighted by atomic mass is 32.1. The lowest BCUT2D eigenvalue weighted by molar-refractivity contribution is 1.02. The van der Waals surface area contributed by atoms with Gasteiger partial charge in [-0.1, -0.05) is 109 Å². The van der Waals surface area contributed by atoms with E-state index in [0.29, 0.717) is 0 Å². The first-order valence-electron chi connectivity index (χ1n) is 20.1. The van der Waals surface area contributed by atoms with Crippen LogP contribution in [0.4, 0.5) is 0 Å². The van der Waals surface area contributed by atoms with Crippen LogP contribution in [0.15, 0.2) is 146 Å². The highest BCUT2D eigenvalue weighted by molar-refractivity contribution is 7.37. The van der Waals surface area contributed by atoms with Gasteiger partial charge in [-0.05, 0) is 60.7 Å². The van der Waals surface area contributed by atoms with Crippen LogP contribution in [0, 0.1) is 23.7 Å². The van der Waals surface area contributed by atoms with Crippen molar-refractivity contribution in [1.29, 1.82) is 0 Å². The van der Waals surface area contributed by atoms with Crippen molar-refractivity contribution in [3.8, 4) is 23.7 Å². The number of benzene rings is 8. The molecule has 0 aliphatic heterocycles. The second-order valence-electron chi connectivity index (χ2n) is 15.7. The number of aryl methyl sites for hydroxylation is 1. The van der Waals surface area contributed by atoms with Gasteiger partial charge in [0.05, 0.1) is 29.8 Å². The fraction of sp³-hybridized carbons (Fsp3) is 0.0182. The number of hydrogen-bond acceptors (Lipinski definition) is 5. The maximum Gasteiger partial charge on any atom is 0.0568 e. The summed E-state index contributed by atoms with van der Waals surface area (Å²) < 4.78 is 15.8. The lowest BCUT2D eigenvalue weighted by Crippen LogP contribution is -1.88. The Bertz CT molecular complexity index is 4380. The monoisotopic (exact) mass is 861 g/mol. The first kappa shape index (κ1) is 34.3. The van der Waals surface area contributed by atoms with Crippen molar-refractivity contribution in [2.45, 2.75) is 0 Å². The maximum absolute atomic E-state index is 3.50. The Morgan fingerprint density at radius 1 is 0.311 bits per heavy atom. The van der Waals surface area contributed by atoms with Crippen molar-refractivity contribution in [3.05, 3.63) is 168 Å². The SMILES string of the molecule is Cn1c2cc(C#Cc3ccc4c(c3)sc3c5ccccc5sc43)ccc2c2ccc3c(ccc4c5ccc(C#Cc6ccc7c(c6)sc6c8ccccc8sc76)cc5sc43)c21. The van der Waals surface area contributed by atoms with Crippen molar-refractivity contribution in [3.63, 3.8) is 0 Å². The van der Waals surface area contributed by atoms with E-state index in [1.54, 1.807) is 0 Å². The molecule has 0 saturated carbocycles. The molecule has 0 saturated heterocycles. The van der Waals surface area contributed by atoms with E-state index in [-0.39, 0.29) is 0 Å². The Morgan fingerprint density at radius 2 is 0.672 bits per heavy atom. The molecule has 0 fully saturated rings. The smallest absolute Gasteiger partial charge is 0.0568 e. The zero-order valence-corrected chi connectivity index (χ0v) is 36.4. The van der Waals surface area contributed by atoms with Crippen LogP contribution >= 0.6 is 56.7 Å². The van der Waals surface area contributed by atoms with Crippen molar-refractivity contribution >= 4 is 169 Å². The predicted octanol–water partition coefficient (Wildman–Crippen LogP) is 16.8. The van der Waals surface area contributed by atoms with Gasteiger partial charge in [0.2, 0.25) is 0 Å². The molecule has 0 spiro atoms. The minimum atomic E-state index is 1.02. The van der Waals surface area contributed by atoms with Gasteiger partial charge < -0.3 is 4.57 Å². The van der Waals surface area contributed by atoms with E-state index in [9.17, 15) is 0 Å². The minimum Gasteiger partial charge on any atom is -0.343 e. The van der Waals surface area contributed by atoms with Gasteiger partial charge in [0.15, 0.2) is 0 Å². The molecule has 0 N–H and O–H groups in total. The minimum absolute atomic E-state index is 1.02. The van der Waals surface area contributed by atoms with Crippen LogP contribution in [-0.2, 0) is 7.05 Å².